The van der Waals surface area contributed by atoms with Gasteiger partial charge < -0.3 is 15.0 Å². The van der Waals surface area contributed by atoms with Crippen LogP contribution in [0.4, 0.5) is 10.1 Å². The lowest BCUT2D eigenvalue weighted by atomic mass is 10.1. The summed E-state index contributed by atoms with van der Waals surface area (Å²) in [4.78, 5) is 27.6. The van der Waals surface area contributed by atoms with Crippen LogP contribution < -0.4 is 14.4 Å². The number of benzene rings is 3. The first-order chi connectivity index (χ1) is 18.1. The SMILES string of the molecule is CCNC(=O)[C@H](C)N(Cc1ccccc1F)C(=O)CN(c1ccc(OC)cc1)S(=O)(=O)c1ccc(C)cc1. The molecule has 0 heterocycles. The largest absolute Gasteiger partial charge is 0.497 e. The number of likely N-dealkylation sites (N-methyl/N-ethyl adjacent to an activating group) is 1. The minimum absolute atomic E-state index is 0.00384. The lowest BCUT2D eigenvalue weighted by Crippen LogP contribution is -2.51. The Morgan fingerprint density at radius 2 is 1.63 bits per heavy atom. The zero-order valence-electron chi connectivity index (χ0n) is 21.8. The van der Waals surface area contributed by atoms with Crippen LogP contribution in [0.5, 0.6) is 5.75 Å². The molecule has 2 amide bonds. The van der Waals surface area contributed by atoms with Crippen molar-refractivity contribution < 1.29 is 27.1 Å². The molecule has 0 aliphatic rings. The van der Waals surface area contributed by atoms with Crippen molar-refractivity contribution in [3.8, 4) is 5.75 Å². The Balaban J connectivity index is 2.04. The van der Waals surface area contributed by atoms with Crippen molar-refractivity contribution >= 4 is 27.5 Å². The molecule has 0 radical (unpaired) electrons. The van der Waals surface area contributed by atoms with Crippen LogP contribution in [0, 0.1) is 12.7 Å². The molecule has 38 heavy (non-hydrogen) atoms. The predicted octanol–water partition coefficient (Wildman–Crippen LogP) is 3.89. The summed E-state index contributed by atoms with van der Waals surface area (Å²) in [5.41, 5.74) is 1.31. The Labute approximate surface area is 223 Å². The van der Waals surface area contributed by atoms with Crippen LogP contribution in [0.3, 0.4) is 0 Å². The number of nitrogens with one attached hydrogen (secondary N) is 1. The van der Waals surface area contributed by atoms with Gasteiger partial charge in [-0.1, -0.05) is 35.9 Å². The molecule has 3 aromatic rings. The van der Waals surface area contributed by atoms with Crippen molar-refractivity contribution in [1.82, 2.24) is 10.2 Å². The minimum atomic E-state index is -4.19. The molecule has 8 nitrogen and oxygen atoms in total. The van der Waals surface area contributed by atoms with Crippen LogP contribution in [0.25, 0.3) is 0 Å². The Kier molecular flexibility index (Phi) is 9.46. The van der Waals surface area contributed by atoms with Crippen LogP contribution in [0.2, 0.25) is 0 Å². The van der Waals surface area contributed by atoms with Crippen LogP contribution in [0.1, 0.15) is 25.0 Å². The van der Waals surface area contributed by atoms with Gasteiger partial charge in [-0.2, -0.15) is 0 Å². The summed E-state index contributed by atoms with van der Waals surface area (Å²) in [7, 11) is -2.70. The number of hydrogen-bond acceptors (Lipinski definition) is 5. The van der Waals surface area contributed by atoms with Gasteiger partial charge in [-0.25, -0.2) is 12.8 Å². The molecule has 1 atom stereocenters. The van der Waals surface area contributed by atoms with Gasteiger partial charge in [-0.15, -0.1) is 0 Å². The Morgan fingerprint density at radius 3 is 2.21 bits per heavy atom. The molecule has 0 aliphatic heterocycles. The van der Waals surface area contributed by atoms with Gasteiger partial charge >= 0.3 is 0 Å². The molecule has 1 N–H and O–H groups in total. The average Bonchev–Trinajstić information content (AvgIpc) is 2.91. The second-order valence-electron chi connectivity index (χ2n) is 8.71. The Bertz CT molecular complexity index is 1360. The molecule has 0 spiro atoms. The summed E-state index contributed by atoms with van der Waals surface area (Å²) in [5.74, 6) is -1.13. The Morgan fingerprint density at radius 1 is 1.00 bits per heavy atom. The highest BCUT2D eigenvalue weighted by Crippen LogP contribution is 2.27. The topological polar surface area (TPSA) is 96.0 Å². The molecule has 3 aromatic carbocycles. The molecule has 0 fully saturated rings. The fraction of sp³-hybridized carbons (Fsp3) is 0.286. The molecule has 0 aliphatic carbocycles. The van der Waals surface area contributed by atoms with E-state index in [1.54, 1.807) is 37.3 Å². The third kappa shape index (κ3) is 6.69. The standard InChI is InChI=1S/C28H32FN3O5S/c1-5-30-28(34)21(3)31(18-22-8-6-7-9-26(22)29)27(33)19-32(23-12-14-24(37-4)15-13-23)38(35,36)25-16-10-20(2)11-17-25/h6-17,21H,5,18-19H2,1-4H3,(H,30,34)/t21-/m0/s1. The summed E-state index contributed by atoms with van der Waals surface area (Å²) in [6.45, 7) is 4.61. The van der Waals surface area contributed by atoms with Gasteiger partial charge in [0.25, 0.3) is 10.0 Å². The highest BCUT2D eigenvalue weighted by atomic mass is 32.2. The van der Waals surface area contributed by atoms with Crippen molar-refractivity contribution in [2.75, 3.05) is 24.5 Å². The highest BCUT2D eigenvalue weighted by molar-refractivity contribution is 7.92. The van der Waals surface area contributed by atoms with E-state index >= 15 is 0 Å². The van der Waals surface area contributed by atoms with Gasteiger partial charge in [-0.3, -0.25) is 13.9 Å². The molecule has 10 heteroatoms. The third-order valence-electron chi connectivity index (χ3n) is 6.07. The van der Waals surface area contributed by atoms with Crippen LogP contribution in [0.15, 0.2) is 77.7 Å². The molecule has 3 rings (SSSR count). The monoisotopic (exact) mass is 541 g/mol. The molecule has 0 aromatic heterocycles. The molecule has 0 unspecified atom stereocenters. The molecule has 0 saturated heterocycles. The number of sulfonamides is 1. The van der Waals surface area contributed by atoms with E-state index in [1.165, 1.54) is 61.4 Å². The number of carbonyl (C=O) groups excluding carboxylic acids is 2. The van der Waals surface area contributed by atoms with Crippen molar-refractivity contribution in [2.24, 2.45) is 0 Å². The molecular weight excluding hydrogens is 509 g/mol. The van der Waals surface area contributed by atoms with Gasteiger partial charge in [0.15, 0.2) is 0 Å². The summed E-state index contributed by atoms with van der Waals surface area (Å²) in [6.07, 6.45) is 0. The highest BCUT2D eigenvalue weighted by Gasteiger charge is 2.32. The van der Waals surface area contributed by atoms with Crippen molar-refractivity contribution in [2.45, 2.75) is 38.3 Å². The maximum Gasteiger partial charge on any atom is 0.264 e. The molecule has 202 valence electrons. The van der Waals surface area contributed by atoms with Gasteiger partial charge in [0.1, 0.15) is 24.2 Å². The van der Waals surface area contributed by atoms with Gasteiger partial charge in [0.05, 0.1) is 17.7 Å². The maximum atomic E-state index is 14.5. The number of hydrogen-bond donors (Lipinski definition) is 1. The number of amides is 2. The fourth-order valence-electron chi connectivity index (χ4n) is 3.83. The number of nitrogens with zero attached hydrogens (tertiary/aromatic N) is 2. The quantitative estimate of drug-likeness (QED) is 0.397. The average molecular weight is 542 g/mol. The zero-order valence-corrected chi connectivity index (χ0v) is 22.7. The predicted molar refractivity (Wildman–Crippen MR) is 144 cm³/mol. The number of aryl methyl sites for hydroxylation is 1. The van der Waals surface area contributed by atoms with E-state index in [-0.39, 0.29) is 22.7 Å². The van der Waals surface area contributed by atoms with E-state index < -0.39 is 40.2 Å². The van der Waals surface area contributed by atoms with Gasteiger partial charge in [0.2, 0.25) is 11.8 Å². The van der Waals surface area contributed by atoms with Gasteiger partial charge in [0, 0.05) is 18.7 Å². The first-order valence-corrected chi connectivity index (χ1v) is 13.6. The minimum Gasteiger partial charge on any atom is -0.497 e. The maximum absolute atomic E-state index is 14.5. The number of methoxy groups -OCH3 is 1. The van der Waals surface area contributed by atoms with E-state index in [1.807, 2.05) is 6.92 Å². The molecule has 0 saturated carbocycles. The number of ether oxygens (including phenoxy) is 1. The first kappa shape index (κ1) is 28.6. The van der Waals surface area contributed by atoms with Crippen molar-refractivity contribution in [1.29, 1.82) is 0 Å². The van der Waals surface area contributed by atoms with E-state index in [0.717, 1.165) is 9.87 Å². The number of anilines is 1. The summed E-state index contributed by atoms with van der Waals surface area (Å²) < 4.78 is 48.2. The second kappa shape index (κ2) is 12.6. The smallest absolute Gasteiger partial charge is 0.264 e. The first-order valence-electron chi connectivity index (χ1n) is 12.1. The van der Waals surface area contributed by atoms with E-state index in [0.29, 0.717) is 12.3 Å². The third-order valence-corrected chi connectivity index (χ3v) is 7.85. The summed E-state index contributed by atoms with van der Waals surface area (Å²) in [6, 6.07) is 17.5. The summed E-state index contributed by atoms with van der Waals surface area (Å²) >= 11 is 0. The number of rotatable bonds is 11. The van der Waals surface area contributed by atoms with Crippen molar-refractivity contribution in [3.05, 3.63) is 89.7 Å². The normalized spacial score (nSPS) is 11.9. The summed E-state index contributed by atoms with van der Waals surface area (Å²) in [5, 5.41) is 2.67. The van der Waals surface area contributed by atoms with Crippen molar-refractivity contribution in [3.63, 3.8) is 0 Å². The number of halogens is 1. The van der Waals surface area contributed by atoms with Crippen LogP contribution >= 0.6 is 0 Å². The lowest BCUT2D eigenvalue weighted by molar-refractivity contribution is -0.139. The van der Waals surface area contributed by atoms with Crippen LogP contribution in [-0.2, 0) is 26.2 Å². The lowest BCUT2D eigenvalue weighted by Gasteiger charge is -2.32. The molecular formula is C28H32FN3O5S. The van der Waals surface area contributed by atoms with E-state index in [4.69, 9.17) is 4.74 Å². The van der Waals surface area contributed by atoms with Gasteiger partial charge in [-0.05, 0) is 63.2 Å². The number of carbonyl (C=O) groups is 2. The second-order valence-corrected chi connectivity index (χ2v) is 10.6. The van der Waals surface area contributed by atoms with Crippen LogP contribution in [-0.4, -0.2) is 51.4 Å². The molecule has 0 bridgehead atoms. The van der Waals surface area contributed by atoms with E-state index in [9.17, 15) is 22.4 Å². The fourth-order valence-corrected chi connectivity index (χ4v) is 5.24. The Hall–Kier alpha value is -3.92. The van der Waals surface area contributed by atoms with E-state index in [2.05, 4.69) is 5.32 Å². The zero-order chi connectivity index (χ0) is 27.9.